The van der Waals surface area contributed by atoms with Crippen LogP contribution in [0.5, 0.6) is 0 Å². The van der Waals surface area contributed by atoms with Crippen LogP contribution in [0, 0.1) is 5.92 Å². The lowest BCUT2D eigenvalue weighted by Crippen LogP contribution is -2.31. The smallest absolute Gasteiger partial charge is 0.155 e. The largest absolute Gasteiger partial charge is 0.373 e. The molecule has 0 bridgehead atoms. The van der Waals surface area contributed by atoms with Gasteiger partial charge in [0, 0.05) is 56.8 Å². The van der Waals surface area contributed by atoms with E-state index in [9.17, 15) is 0 Å². The number of fused-ring (bicyclic) bond motifs is 1. The summed E-state index contributed by atoms with van der Waals surface area (Å²) < 4.78 is 9.93. The number of aromatic nitrogens is 5. The molecule has 7 heteroatoms. The molecule has 0 unspecified atom stereocenters. The quantitative estimate of drug-likeness (QED) is 0.773. The normalized spacial score (nSPS) is 21.4. The van der Waals surface area contributed by atoms with Crippen LogP contribution in [0.15, 0.2) is 37.2 Å². The summed E-state index contributed by atoms with van der Waals surface area (Å²) in [5, 5.41) is 7.85. The van der Waals surface area contributed by atoms with Crippen molar-refractivity contribution < 1.29 is 4.74 Å². The molecule has 2 atom stereocenters. The van der Waals surface area contributed by atoms with Crippen LogP contribution in [-0.4, -0.2) is 37.3 Å². The van der Waals surface area contributed by atoms with Crippen LogP contribution in [0.1, 0.15) is 30.2 Å². The van der Waals surface area contributed by atoms with Crippen molar-refractivity contribution in [3.05, 3.63) is 48.4 Å². The average molecular weight is 326 g/mol. The van der Waals surface area contributed by atoms with Crippen molar-refractivity contribution in [2.75, 3.05) is 13.2 Å². The maximum Gasteiger partial charge on any atom is 0.155 e. The Morgan fingerprint density at radius 2 is 2.29 bits per heavy atom. The van der Waals surface area contributed by atoms with Gasteiger partial charge < -0.3 is 10.1 Å². The summed E-state index contributed by atoms with van der Waals surface area (Å²) in [5.74, 6) is 0.462. The van der Waals surface area contributed by atoms with E-state index in [0.717, 1.165) is 37.5 Å². The minimum absolute atomic E-state index is 0.131. The van der Waals surface area contributed by atoms with Gasteiger partial charge in [-0.3, -0.25) is 14.1 Å². The Labute approximate surface area is 140 Å². The average Bonchev–Trinajstić information content (AvgIpc) is 3.22. The highest BCUT2D eigenvalue weighted by Gasteiger charge is 2.28. The summed E-state index contributed by atoms with van der Waals surface area (Å²) >= 11 is 0. The van der Waals surface area contributed by atoms with Crippen molar-refractivity contribution in [1.29, 1.82) is 0 Å². The predicted octanol–water partition coefficient (Wildman–Crippen LogP) is 1.72. The van der Waals surface area contributed by atoms with Gasteiger partial charge in [-0.1, -0.05) is 0 Å². The first kappa shape index (κ1) is 15.3. The van der Waals surface area contributed by atoms with Crippen LogP contribution in [0.25, 0.3) is 5.65 Å². The van der Waals surface area contributed by atoms with Gasteiger partial charge in [-0.15, -0.1) is 0 Å². The second-order valence-electron chi connectivity index (χ2n) is 6.33. The minimum atomic E-state index is 0.131. The Morgan fingerprint density at radius 3 is 3.17 bits per heavy atom. The molecule has 1 aliphatic rings. The molecule has 0 aliphatic carbocycles. The zero-order valence-electron chi connectivity index (χ0n) is 13.8. The van der Waals surface area contributed by atoms with Gasteiger partial charge in [0.25, 0.3) is 0 Å². The van der Waals surface area contributed by atoms with Gasteiger partial charge in [0.15, 0.2) is 5.65 Å². The molecule has 4 heterocycles. The summed E-state index contributed by atoms with van der Waals surface area (Å²) in [5.41, 5.74) is 3.19. The number of rotatable bonds is 5. The summed E-state index contributed by atoms with van der Waals surface area (Å²) in [6.07, 6.45) is 13.8. The summed E-state index contributed by atoms with van der Waals surface area (Å²) in [7, 11) is 1.94. The van der Waals surface area contributed by atoms with Crippen molar-refractivity contribution in [3.63, 3.8) is 0 Å². The highest BCUT2D eigenvalue weighted by molar-refractivity contribution is 5.36. The predicted molar refractivity (Wildman–Crippen MR) is 89.3 cm³/mol. The lowest BCUT2D eigenvalue weighted by atomic mass is 9.91. The van der Waals surface area contributed by atoms with Gasteiger partial charge in [0.05, 0.1) is 30.4 Å². The molecule has 0 aromatic carbocycles. The number of hydrogen-bond acceptors (Lipinski definition) is 5. The summed E-state index contributed by atoms with van der Waals surface area (Å²) in [4.78, 5) is 8.47. The fourth-order valence-corrected chi connectivity index (χ4v) is 3.42. The maximum absolute atomic E-state index is 6.03. The molecule has 7 nitrogen and oxygen atoms in total. The number of nitrogens with zero attached hydrogens (tertiary/aromatic N) is 5. The Balaban J connectivity index is 1.40. The number of hydrogen-bond donors (Lipinski definition) is 1. The zero-order valence-corrected chi connectivity index (χ0v) is 13.8. The molecule has 0 saturated carbocycles. The lowest BCUT2D eigenvalue weighted by molar-refractivity contribution is -0.0279. The molecule has 24 heavy (non-hydrogen) atoms. The van der Waals surface area contributed by atoms with Gasteiger partial charge in [-0.05, 0) is 12.8 Å². The third-order valence-corrected chi connectivity index (χ3v) is 4.60. The number of ether oxygens (including phenoxy) is 1. The van der Waals surface area contributed by atoms with E-state index in [0.29, 0.717) is 5.92 Å². The molecule has 0 radical (unpaired) electrons. The Bertz CT molecular complexity index is 810. The first-order valence-electron chi connectivity index (χ1n) is 8.38. The first-order chi connectivity index (χ1) is 11.8. The monoisotopic (exact) mass is 326 g/mol. The fraction of sp³-hybridized carbons (Fsp3) is 0.471. The number of nitrogens with one attached hydrogen (secondary N) is 1. The van der Waals surface area contributed by atoms with Gasteiger partial charge in [0.2, 0.25) is 0 Å². The molecule has 0 amide bonds. The lowest BCUT2D eigenvalue weighted by Gasteiger charge is -2.31. The highest BCUT2D eigenvalue weighted by atomic mass is 16.5. The van der Waals surface area contributed by atoms with E-state index in [1.54, 1.807) is 12.4 Å². The van der Waals surface area contributed by atoms with Crippen molar-refractivity contribution in [2.45, 2.75) is 25.5 Å². The van der Waals surface area contributed by atoms with Gasteiger partial charge in [-0.25, -0.2) is 4.98 Å². The van der Waals surface area contributed by atoms with Crippen molar-refractivity contribution in [1.82, 2.24) is 29.5 Å². The van der Waals surface area contributed by atoms with E-state index >= 15 is 0 Å². The van der Waals surface area contributed by atoms with E-state index in [1.165, 1.54) is 12.0 Å². The Hall–Kier alpha value is -2.25. The van der Waals surface area contributed by atoms with E-state index in [1.807, 2.05) is 30.3 Å². The summed E-state index contributed by atoms with van der Waals surface area (Å²) in [6, 6.07) is 0. The van der Waals surface area contributed by atoms with Crippen LogP contribution in [-0.2, 0) is 18.3 Å². The van der Waals surface area contributed by atoms with E-state index in [4.69, 9.17) is 4.74 Å². The first-order valence-corrected chi connectivity index (χ1v) is 8.38. The van der Waals surface area contributed by atoms with Crippen molar-refractivity contribution in [2.24, 2.45) is 13.0 Å². The molecule has 1 fully saturated rings. The Morgan fingerprint density at radius 1 is 1.33 bits per heavy atom. The molecule has 3 aromatic heterocycles. The Kier molecular flexibility index (Phi) is 4.27. The third-order valence-electron chi connectivity index (χ3n) is 4.60. The van der Waals surface area contributed by atoms with Crippen LogP contribution >= 0.6 is 0 Å². The van der Waals surface area contributed by atoms with E-state index in [2.05, 4.69) is 31.0 Å². The van der Waals surface area contributed by atoms with E-state index in [-0.39, 0.29) is 6.10 Å². The number of aryl methyl sites for hydroxylation is 1. The molecular formula is C17H22N6O. The van der Waals surface area contributed by atoms with Crippen molar-refractivity contribution >= 4 is 5.65 Å². The van der Waals surface area contributed by atoms with Crippen molar-refractivity contribution in [3.8, 4) is 0 Å². The molecule has 3 aromatic rings. The molecule has 4 rings (SSSR count). The molecular weight excluding hydrogens is 304 g/mol. The van der Waals surface area contributed by atoms with Crippen LogP contribution < -0.4 is 5.32 Å². The maximum atomic E-state index is 6.03. The molecule has 1 saturated heterocycles. The highest BCUT2D eigenvalue weighted by Crippen LogP contribution is 2.32. The topological polar surface area (TPSA) is 69.3 Å². The molecule has 126 valence electrons. The third kappa shape index (κ3) is 3.05. The van der Waals surface area contributed by atoms with Crippen LogP contribution in [0.4, 0.5) is 0 Å². The van der Waals surface area contributed by atoms with Gasteiger partial charge >= 0.3 is 0 Å². The van der Waals surface area contributed by atoms with Crippen LogP contribution in [0.2, 0.25) is 0 Å². The minimum Gasteiger partial charge on any atom is -0.373 e. The second-order valence-corrected chi connectivity index (χ2v) is 6.33. The van der Waals surface area contributed by atoms with Crippen LogP contribution in [0.3, 0.4) is 0 Å². The second kappa shape index (κ2) is 6.70. The van der Waals surface area contributed by atoms with Gasteiger partial charge in [0.1, 0.15) is 0 Å². The standard InChI is InChI=1S/C17H22N6O/c1-22-12-14(8-21-22)17-13(3-2-6-24-17)7-19-9-15-10-20-16-11-18-4-5-23(15)16/h4-5,8,10-13,17,19H,2-3,6-7,9H2,1H3/t13-,17+/m0/s1. The van der Waals surface area contributed by atoms with E-state index < -0.39 is 0 Å². The number of imidazole rings is 1. The molecule has 1 N–H and O–H groups in total. The fourth-order valence-electron chi connectivity index (χ4n) is 3.42. The van der Waals surface area contributed by atoms with Gasteiger partial charge in [-0.2, -0.15) is 5.10 Å². The summed E-state index contributed by atoms with van der Waals surface area (Å²) in [6.45, 7) is 2.52. The SMILES string of the molecule is Cn1cc([C@@H]2OCCC[C@H]2CNCc2cnc3cnccn23)cn1. The molecule has 0 spiro atoms. The molecule has 1 aliphatic heterocycles. The zero-order chi connectivity index (χ0) is 16.4.